The summed E-state index contributed by atoms with van der Waals surface area (Å²) < 4.78 is 0.945. The van der Waals surface area contributed by atoms with Gasteiger partial charge in [-0.2, -0.15) is 11.8 Å². The Morgan fingerprint density at radius 3 is 2.95 bits per heavy atom. The van der Waals surface area contributed by atoms with Gasteiger partial charge in [0.05, 0.1) is 10.6 Å². The highest BCUT2D eigenvalue weighted by Gasteiger charge is 2.18. The number of halogens is 2. The number of carbonyl (C=O) groups excluding carboxylic acids is 1. The number of hydrogen-bond donors (Lipinski definition) is 1. The number of rotatable bonds is 2. The molecule has 20 heavy (non-hydrogen) atoms. The van der Waals surface area contributed by atoms with Gasteiger partial charge in [-0.3, -0.25) is 4.79 Å². The molecule has 0 saturated carbocycles. The monoisotopic (exact) mass is 435 g/mol. The fourth-order valence-corrected chi connectivity index (χ4v) is 5.31. The van der Waals surface area contributed by atoms with Crippen LogP contribution in [0.25, 0.3) is 0 Å². The van der Waals surface area contributed by atoms with Crippen molar-refractivity contribution in [2.45, 2.75) is 12.2 Å². The van der Waals surface area contributed by atoms with Gasteiger partial charge in [0, 0.05) is 19.2 Å². The number of nitrogens with one attached hydrogen (secondary N) is 1. The van der Waals surface area contributed by atoms with Crippen molar-refractivity contribution in [3.8, 4) is 0 Å². The average molecular weight is 436 g/mol. The summed E-state index contributed by atoms with van der Waals surface area (Å²) >= 11 is 11.6. The molecule has 1 aromatic carbocycles. The van der Waals surface area contributed by atoms with Crippen LogP contribution in [0.5, 0.6) is 0 Å². The highest BCUT2D eigenvalue weighted by atomic mass is 127. The van der Waals surface area contributed by atoms with Gasteiger partial charge in [-0.25, -0.2) is 0 Å². The summed E-state index contributed by atoms with van der Waals surface area (Å²) in [5, 5.41) is 3.64. The van der Waals surface area contributed by atoms with Gasteiger partial charge in [-0.1, -0.05) is 11.6 Å². The molecular formula is C14H11ClINOS2. The molecule has 6 heteroatoms. The first-order valence-electron chi connectivity index (χ1n) is 6.09. The zero-order valence-corrected chi connectivity index (χ0v) is 15.0. The number of thiophene rings is 1. The third-order valence-corrected chi connectivity index (χ3v) is 6.40. The quantitative estimate of drug-likeness (QED) is 0.669. The molecule has 2 nitrogen and oxygen atoms in total. The Labute approximate surface area is 144 Å². The Morgan fingerprint density at radius 1 is 1.35 bits per heavy atom. The number of fused-ring (bicyclic) bond motifs is 1. The lowest BCUT2D eigenvalue weighted by Gasteiger charge is -2.08. The molecule has 0 fully saturated rings. The average Bonchev–Trinajstić information content (AvgIpc) is 2.86. The topological polar surface area (TPSA) is 29.1 Å². The third-order valence-electron chi connectivity index (χ3n) is 3.03. The number of anilines is 1. The van der Waals surface area contributed by atoms with Crippen LogP contribution in [0.1, 0.15) is 20.1 Å². The maximum atomic E-state index is 12.3. The van der Waals surface area contributed by atoms with E-state index in [1.807, 2.05) is 30.0 Å². The Kier molecular flexibility index (Phi) is 4.59. The zero-order valence-electron chi connectivity index (χ0n) is 10.4. The molecule has 1 amide bonds. The van der Waals surface area contributed by atoms with E-state index >= 15 is 0 Å². The van der Waals surface area contributed by atoms with Crippen LogP contribution < -0.4 is 5.32 Å². The van der Waals surface area contributed by atoms with E-state index in [0.29, 0.717) is 5.02 Å². The largest absolute Gasteiger partial charge is 0.320 e. The molecule has 0 aliphatic carbocycles. The van der Waals surface area contributed by atoms with E-state index in [1.165, 1.54) is 10.4 Å². The molecule has 0 radical (unpaired) electrons. The van der Waals surface area contributed by atoms with E-state index in [0.717, 1.165) is 32.1 Å². The Balaban J connectivity index is 1.80. The Hall–Kier alpha value is -0.240. The predicted molar refractivity (Wildman–Crippen MR) is 96.3 cm³/mol. The molecular weight excluding hydrogens is 425 g/mol. The van der Waals surface area contributed by atoms with E-state index in [1.54, 1.807) is 17.4 Å². The second kappa shape index (κ2) is 6.25. The summed E-state index contributed by atoms with van der Waals surface area (Å²) in [7, 11) is 0. The second-order valence-corrected chi connectivity index (χ2v) is 8.28. The molecule has 0 saturated heterocycles. The Bertz CT molecular complexity index is 648. The van der Waals surface area contributed by atoms with Gasteiger partial charge in [0.1, 0.15) is 0 Å². The number of hydrogen-bond acceptors (Lipinski definition) is 3. The van der Waals surface area contributed by atoms with Crippen molar-refractivity contribution in [3.63, 3.8) is 0 Å². The molecule has 1 aromatic heterocycles. The van der Waals surface area contributed by atoms with Crippen molar-refractivity contribution >= 4 is 68.9 Å². The summed E-state index contributed by atoms with van der Waals surface area (Å²) in [6.07, 6.45) is 1.08. The van der Waals surface area contributed by atoms with E-state index in [4.69, 9.17) is 11.6 Å². The van der Waals surface area contributed by atoms with Gasteiger partial charge in [0.25, 0.3) is 5.91 Å². The first-order chi connectivity index (χ1) is 9.63. The molecule has 0 bridgehead atoms. The summed E-state index contributed by atoms with van der Waals surface area (Å²) in [5.41, 5.74) is 2.13. The van der Waals surface area contributed by atoms with Crippen LogP contribution >= 0.6 is 57.3 Å². The van der Waals surface area contributed by atoms with E-state index in [9.17, 15) is 4.79 Å². The van der Waals surface area contributed by atoms with Crippen LogP contribution in [0, 0.1) is 3.57 Å². The van der Waals surface area contributed by atoms with Crippen molar-refractivity contribution in [3.05, 3.63) is 48.2 Å². The maximum absolute atomic E-state index is 12.3. The smallest absolute Gasteiger partial charge is 0.265 e. The van der Waals surface area contributed by atoms with Crippen LogP contribution in [-0.2, 0) is 12.2 Å². The number of carbonyl (C=O) groups is 1. The molecule has 2 heterocycles. The minimum Gasteiger partial charge on any atom is -0.320 e. The van der Waals surface area contributed by atoms with Gasteiger partial charge in [-0.05, 0) is 64.6 Å². The lowest BCUT2D eigenvalue weighted by Crippen LogP contribution is -2.11. The molecule has 0 atom stereocenters. The minimum absolute atomic E-state index is 0.0327. The van der Waals surface area contributed by atoms with Crippen molar-refractivity contribution < 1.29 is 4.79 Å². The summed E-state index contributed by atoms with van der Waals surface area (Å²) in [6, 6.07) is 7.50. The number of thioether (sulfide) groups is 1. The van der Waals surface area contributed by atoms with Crippen LogP contribution in [0.2, 0.25) is 5.02 Å². The summed E-state index contributed by atoms with van der Waals surface area (Å²) in [5.74, 6) is 2.15. The van der Waals surface area contributed by atoms with Crippen molar-refractivity contribution in [1.82, 2.24) is 0 Å². The number of aryl methyl sites for hydroxylation is 1. The van der Waals surface area contributed by atoms with Crippen molar-refractivity contribution in [1.29, 1.82) is 0 Å². The molecule has 2 aromatic rings. The van der Waals surface area contributed by atoms with E-state index < -0.39 is 0 Å². The summed E-state index contributed by atoms with van der Waals surface area (Å²) in [6.45, 7) is 0. The summed E-state index contributed by atoms with van der Waals surface area (Å²) in [4.78, 5) is 14.5. The number of amides is 1. The van der Waals surface area contributed by atoms with Crippen LogP contribution in [0.3, 0.4) is 0 Å². The van der Waals surface area contributed by atoms with Crippen LogP contribution in [0.4, 0.5) is 5.69 Å². The Morgan fingerprint density at radius 2 is 2.20 bits per heavy atom. The fraction of sp³-hybridized carbons (Fsp3) is 0.214. The highest BCUT2D eigenvalue weighted by molar-refractivity contribution is 14.1. The lowest BCUT2D eigenvalue weighted by atomic mass is 10.2. The van der Waals surface area contributed by atoms with Crippen molar-refractivity contribution in [2.75, 3.05) is 11.1 Å². The lowest BCUT2D eigenvalue weighted by molar-refractivity contribution is 0.103. The van der Waals surface area contributed by atoms with Gasteiger partial charge in [0.2, 0.25) is 0 Å². The molecule has 3 rings (SSSR count). The predicted octanol–water partition coefficient (Wildman–Crippen LogP) is 5.05. The standard InChI is InChI=1S/C14H11ClINOS2/c15-9-1-2-11(10(16)6-9)17-14(18)13-5-8-7-19-4-3-12(8)20-13/h1-2,5-6H,3-4,7H2,(H,17,18). The second-order valence-electron chi connectivity index (χ2n) is 4.44. The molecule has 0 unspecified atom stereocenters. The van der Waals surface area contributed by atoms with Crippen molar-refractivity contribution in [2.24, 2.45) is 0 Å². The zero-order chi connectivity index (χ0) is 14.1. The van der Waals surface area contributed by atoms with E-state index in [-0.39, 0.29) is 5.91 Å². The first kappa shape index (κ1) is 14.7. The normalized spacial score (nSPS) is 13.9. The SMILES string of the molecule is O=C(Nc1ccc(Cl)cc1I)c1cc2c(s1)CCSC2. The van der Waals surface area contributed by atoms with Gasteiger partial charge in [0.15, 0.2) is 0 Å². The number of benzene rings is 1. The first-order valence-corrected chi connectivity index (χ1v) is 9.52. The van der Waals surface area contributed by atoms with Gasteiger partial charge >= 0.3 is 0 Å². The minimum atomic E-state index is -0.0327. The highest BCUT2D eigenvalue weighted by Crippen LogP contribution is 2.32. The molecule has 1 aliphatic rings. The van der Waals surface area contributed by atoms with E-state index in [2.05, 4.69) is 27.9 Å². The van der Waals surface area contributed by atoms with Crippen LogP contribution in [-0.4, -0.2) is 11.7 Å². The fourth-order valence-electron chi connectivity index (χ4n) is 2.03. The maximum Gasteiger partial charge on any atom is 0.265 e. The molecule has 1 aliphatic heterocycles. The molecule has 1 N–H and O–H groups in total. The van der Waals surface area contributed by atoms with Crippen LogP contribution in [0.15, 0.2) is 24.3 Å². The van der Waals surface area contributed by atoms with Gasteiger partial charge in [-0.15, -0.1) is 11.3 Å². The van der Waals surface area contributed by atoms with Gasteiger partial charge < -0.3 is 5.32 Å². The molecule has 0 spiro atoms. The third kappa shape index (κ3) is 3.16. The molecule has 104 valence electrons.